The van der Waals surface area contributed by atoms with Gasteiger partial charge in [0, 0.05) is 30.0 Å². The van der Waals surface area contributed by atoms with Gasteiger partial charge in [-0.1, -0.05) is 37.8 Å². The molecule has 0 fully saturated rings. The van der Waals surface area contributed by atoms with E-state index in [1.807, 2.05) is 13.0 Å². The van der Waals surface area contributed by atoms with Crippen LogP contribution in [-0.4, -0.2) is 41.3 Å². The van der Waals surface area contributed by atoms with Crippen LogP contribution >= 0.6 is 0 Å². The standard InChI is InChI=1S/C30H30N2O6/c1-4-7-14-31-29(32-15-8-9-25(34)22-10-12-27-28(18-22)38-19-37-27)13-11-21-16-23(24(33)6-3)30(36)20(5-2)17-26(21)35/h4,6-8,10-12,14-18,25,34H,3,5,9,13,19H2,1-2H3/b7-4+,15-8+,21-11+,31-14+,32-29-/t25-/m0/s1. The molecule has 8 heteroatoms. The number of aliphatic hydroxyl groups is 1. The summed E-state index contributed by atoms with van der Waals surface area (Å²) in [7, 11) is 0. The van der Waals surface area contributed by atoms with E-state index in [9.17, 15) is 19.5 Å². The van der Waals surface area contributed by atoms with Crippen LogP contribution in [0.3, 0.4) is 0 Å². The molecule has 196 valence electrons. The van der Waals surface area contributed by atoms with Gasteiger partial charge < -0.3 is 14.6 Å². The van der Waals surface area contributed by atoms with Gasteiger partial charge in [-0.15, -0.1) is 0 Å². The molecule has 2 aliphatic rings. The number of aliphatic hydroxyl groups excluding tert-OH is 1. The van der Waals surface area contributed by atoms with E-state index in [1.54, 1.807) is 49.6 Å². The van der Waals surface area contributed by atoms with E-state index >= 15 is 0 Å². The zero-order valence-electron chi connectivity index (χ0n) is 21.4. The van der Waals surface area contributed by atoms with E-state index in [4.69, 9.17) is 9.47 Å². The van der Waals surface area contributed by atoms with Crippen LogP contribution in [0.4, 0.5) is 0 Å². The maximum Gasteiger partial charge on any atom is 0.231 e. The molecule has 0 unspecified atom stereocenters. The lowest BCUT2D eigenvalue weighted by Gasteiger charge is -2.08. The molecule has 1 aromatic rings. The number of benzene rings is 1. The third-order valence-electron chi connectivity index (χ3n) is 5.73. The number of carbonyl (C=O) groups is 3. The maximum absolute atomic E-state index is 12.8. The Morgan fingerprint density at radius 1 is 1.21 bits per heavy atom. The fraction of sp³-hybridized carbons (Fsp3) is 0.233. The minimum atomic E-state index is -0.764. The number of Topliss-reactive ketones (excluding diaryl/α,β-unsaturated/α-hetero) is 1. The molecule has 0 amide bonds. The first-order chi connectivity index (χ1) is 18.4. The van der Waals surface area contributed by atoms with E-state index in [2.05, 4.69) is 16.6 Å². The summed E-state index contributed by atoms with van der Waals surface area (Å²) in [5.74, 6) is 0.239. The van der Waals surface area contributed by atoms with Crippen molar-refractivity contribution in [1.29, 1.82) is 0 Å². The van der Waals surface area contributed by atoms with E-state index in [-0.39, 0.29) is 35.7 Å². The van der Waals surface area contributed by atoms with Gasteiger partial charge in [0.05, 0.1) is 11.7 Å². The highest BCUT2D eigenvalue weighted by Crippen LogP contribution is 2.34. The SMILES string of the molecule is C=CC(=O)C1=C/C(=C\CC(=N/C=C/C[C@H](O)c2ccc3c(c2)OCO3)/N=C/C=C/C)C(=O)C=C(CC)C1=O. The predicted molar refractivity (Wildman–Crippen MR) is 146 cm³/mol. The van der Waals surface area contributed by atoms with Crippen molar-refractivity contribution in [3.8, 4) is 11.5 Å². The largest absolute Gasteiger partial charge is 0.454 e. The van der Waals surface area contributed by atoms with E-state index in [0.29, 0.717) is 35.7 Å². The quantitative estimate of drug-likeness (QED) is 0.206. The van der Waals surface area contributed by atoms with Crippen molar-refractivity contribution in [2.24, 2.45) is 9.98 Å². The Morgan fingerprint density at radius 3 is 2.74 bits per heavy atom. The number of ether oxygens (including phenoxy) is 2. The number of ketones is 3. The first-order valence-electron chi connectivity index (χ1n) is 12.2. The normalized spacial score (nSPS) is 17.9. The second-order valence-electron chi connectivity index (χ2n) is 8.30. The molecule has 1 N–H and O–H groups in total. The first kappa shape index (κ1) is 28.1. The number of carbonyl (C=O) groups excluding carboxylic acids is 3. The number of amidine groups is 1. The van der Waals surface area contributed by atoms with Crippen molar-refractivity contribution in [3.63, 3.8) is 0 Å². The summed E-state index contributed by atoms with van der Waals surface area (Å²) in [5.41, 5.74) is 1.06. The summed E-state index contributed by atoms with van der Waals surface area (Å²) in [5, 5.41) is 10.5. The van der Waals surface area contributed by atoms with Crippen molar-refractivity contribution in [1.82, 2.24) is 0 Å². The highest BCUT2D eigenvalue weighted by molar-refractivity contribution is 6.32. The van der Waals surface area contributed by atoms with Gasteiger partial charge >= 0.3 is 0 Å². The van der Waals surface area contributed by atoms with Gasteiger partial charge in [-0.3, -0.25) is 14.4 Å². The molecule has 0 saturated heterocycles. The van der Waals surface area contributed by atoms with Crippen LogP contribution in [0.1, 0.15) is 44.8 Å². The number of aliphatic imine (C=N–C) groups is 2. The number of hydrogen-bond acceptors (Lipinski definition) is 7. The number of rotatable bonds is 10. The molecule has 1 heterocycles. The van der Waals surface area contributed by atoms with Gasteiger partial charge in [-0.05, 0) is 61.8 Å². The fourth-order valence-corrected chi connectivity index (χ4v) is 3.63. The molecular weight excluding hydrogens is 484 g/mol. The van der Waals surface area contributed by atoms with Crippen LogP contribution < -0.4 is 9.47 Å². The lowest BCUT2D eigenvalue weighted by atomic mass is 9.99. The summed E-state index contributed by atoms with van der Waals surface area (Å²) < 4.78 is 10.6. The van der Waals surface area contributed by atoms with Crippen LogP contribution in [0.15, 0.2) is 100 Å². The molecule has 1 atom stereocenters. The Labute approximate surface area is 221 Å². The lowest BCUT2D eigenvalue weighted by molar-refractivity contribution is -0.117. The molecule has 1 aromatic carbocycles. The van der Waals surface area contributed by atoms with Gasteiger partial charge in [0.1, 0.15) is 5.84 Å². The summed E-state index contributed by atoms with van der Waals surface area (Å²) in [6, 6.07) is 5.28. The van der Waals surface area contributed by atoms with Crippen molar-refractivity contribution in [2.45, 2.75) is 39.2 Å². The molecular formula is C30H30N2O6. The third-order valence-corrected chi connectivity index (χ3v) is 5.73. The Bertz CT molecular complexity index is 1320. The topological polar surface area (TPSA) is 115 Å². The summed E-state index contributed by atoms with van der Waals surface area (Å²) in [6.07, 6.45) is 13.6. The molecule has 1 aliphatic heterocycles. The monoisotopic (exact) mass is 514 g/mol. The molecule has 1 aliphatic carbocycles. The number of hydrogen-bond donors (Lipinski definition) is 1. The molecule has 0 aromatic heterocycles. The summed E-state index contributed by atoms with van der Waals surface area (Å²) in [6.45, 7) is 7.21. The first-order valence-corrected chi connectivity index (χ1v) is 12.2. The van der Waals surface area contributed by atoms with Gasteiger partial charge in [0.25, 0.3) is 0 Å². The third kappa shape index (κ3) is 7.30. The number of fused-ring (bicyclic) bond motifs is 1. The molecule has 0 spiro atoms. The molecule has 0 radical (unpaired) electrons. The highest BCUT2D eigenvalue weighted by atomic mass is 16.7. The molecule has 8 nitrogen and oxygen atoms in total. The van der Waals surface area contributed by atoms with E-state index in [1.165, 1.54) is 18.4 Å². The van der Waals surface area contributed by atoms with Crippen LogP contribution in [0.5, 0.6) is 11.5 Å². The zero-order chi connectivity index (χ0) is 27.5. The summed E-state index contributed by atoms with van der Waals surface area (Å²) >= 11 is 0. The summed E-state index contributed by atoms with van der Waals surface area (Å²) in [4.78, 5) is 46.4. The van der Waals surface area contributed by atoms with E-state index < -0.39 is 17.7 Å². The Kier molecular flexibility index (Phi) is 10.2. The van der Waals surface area contributed by atoms with Crippen LogP contribution in [0, 0.1) is 0 Å². The number of allylic oxidation sites excluding steroid dienone is 8. The zero-order valence-corrected chi connectivity index (χ0v) is 21.4. The average molecular weight is 515 g/mol. The van der Waals surface area contributed by atoms with Gasteiger partial charge in [0.2, 0.25) is 6.79 Å². The van der Waals surface area contributed by atoms with Crippen molar-refractivity contribution >= 4 is 29.4 Å². The van der Waals surface area contributed by atoms with Gasteiger partial charge in [-0.2, -0.15) is 0 Å². The van der Waals surface area contributed by atoms with Crippen LogP contribution in [-0.2, 0) is 14.4 Å². The van der Waals surface area contributed by atoms with Crippen LogP contribution in [0.2, 0.25) is 0 Å². The van der Waals surface area contributed by atoms with Gasteiger partial charge in [0.15, 0.2) is 28.8 Å². The van der Waals surface area contributed by atoms with Crippen molar-refractivity contribution < 1.29 is 29.0 Å². The minimum Gasteiger partial charge on any atom is -0.454 e. The van der Waals surface area contributed by atoms with Crippen molar-refractivity contribution in [3.05, 3.63) is 95.8 Å². The Balaban J connectivity index is 1.79. The number of nitrogens with zero attached hydrogens (tertiary/aromatic N) is 2. The Morgan fingerprint density at radius 2 is 2.00 bits per heavy atom. The maximum atomic E-state index is 12.8. The van der Waals surface area contributed by atoms with Crippen molar-refractivity contribution in [2.75, 3.05) is 6.79 Å². The minimum absolute atomic E-state index is 0.0986. The second-order valence-corrected chi connectivity index (χ2v) is 8.30. The molecule has 0 bridgehead atoms. The Hall–Kier alpha value is -4.43. The molecule has 38 heavy (non-hydrogen) atoms. The van der Waals surface area contributed by atoms with E-state index in [0.717, 1.165) is 6.08 Å². The smallest absolute Gasteiger partial charge is 0.231 e. The average Bonchev–Trinajstić information content (AvgIpc) is 3.36. The fourth-order valence-electron chi connectivity index (χ4n) is 3.63. The van der Waals surface area contributed by atoms with Crippen LogP contribution in [0.25, 0.3) is 0 Å². The molecule has 0 saturated carbocycles. The lowest BCUT2D eigenvalue weighted by Crippen LogP contribution is -2.12. The highest BCUT2D eigenvalue weighted by Gasteiger charge is 2.24. The predicted octanol–water partition coefficient (Wildman–Crippen LogP) is 4.88. The second kappa shape index (κ2) is 13.8. The molecule has 3 rings (SSSR count). The van der Waals surface area contributed by atoms with Gasteiger partial charge in [-0.25, -0.2) is 9.98 Å².